The van der Waals surface area contributed by atoms with Crippen LogP contribution in [0.2, 0.25) is 5.02 Å². The maximum Gasteiger partial charge on any atom is 0.302 e. The molecule has 0 spiro atoms. The Morgan fingerprint density at radius 1 is 1.00 bits per heavy atom. The molecule has 22 heavy (non-hydrogen) atoms. The van der Waals surface area contributed by atoms with Gasteiger partial charge in [-0.25, -0.2) is 0 Å². The summed E-state index contributed by atoms with van der Waals surface area (Å²) in [7, 11) is 0. The number of rotatable bonds is 6. The monoisotopic (exact) mass is 320 g/mol. The van der Waals surface area contributed by atoms with Crippen LogP contribution in [0.4, 0.5) is 0 Å². The van der Waals surface area contributed by atoms with Gasteiger partial charge in [0.2, 0.25) is 0 Å². The summed E-state index contributed by atoms with van der Waals surface area (Å²) in [6.07, 6.45) is -0.216. The molecule has 2 aromatic carbocycles. The first kappa shape index (κ1) is 16.2. The van der Waals surface area contributed by atoms with Gasteiger partial charge in [-0.2, -0.15) is 0 Å². The van der Waals surface area contributed by atoms with Gasteiger partial charge in [0.1, 0.15) is 30.0 Å². The molecule has 0 saturated carbocycles. The first-order chi connectivity index (χ1) is 10.5. The number of carbonyl (C=O) groups excluding carboxylic acids is 1. The van der Waals surface area contributed by atoms with Crippen LogP contribution in [0.25, 0.3) is 0 Å². The van der Waals surface area contributed by atoms with Gasteiger partial charge >= 0.3 is 5.97 Å². The molecule has 0 heterocycles. The average molecular weight is 321 g/mol. The molecule has 0 N–H and O–H groups in total. The Kier molecular flexibility index (Phi) is 5.67. The Balaban J connectivity index is 1.89. The molecule has 0 amide bonds. The maximum atomic E-state index is 10.7. The lowest BCUT2D eigenvalue weighted by Crippen LogP contribution is -2.20. The number of hydrogen-bond acceptors (Lipinski definition) is 4. The van der Waals surface area contributed by atoms with Crippen molar-refractivity contribution in [2.75, 3.05) is 6.61 Å². The fourth-order valence-corrected chi connectivity index (χ4v) is 1.85. The first-order valence-electron chi connectivity index (χ1n) is 6.86. The highest BCUT2D eigenvalue weighted by Crippen LogP contribution is 2.25. The molecule has 1 atom stereocenters. The van der Waals surface area contributed by atoms with Crippen molar-refractivity contribution in [1.82, 2.24) is 0 Å². The lowest BCUT2D eigenvalue weighted by Gasteiger charge is -2.14. The van der Waals surface area contributed by atoms with Crippen LogP contribution in [-0.2, 0) is 9.53 Å². The summed E-state index contributed by atoms with van der Waals surface area (Å²) < 4.78 is 16.2. The molecule has 2 aromatic rings. The summed E-state index contributed by atoms with van der Waals surface area (Å²) in [5.74, 6) is 1.77. The number of halogens is 1. The Labute approximate surface area is 134 Å². The van der Waals surface area contributed by atoms with Crippen molar-refractivity contribution in [2.45, 2.75) is 20.0 Å². The van der Waals surface area contributed by atoms with E-state index >= 15 is 0 Å². The van der Waals surface area contributed by atoms with E-state index in [9.17, 15) is 4.79 Å². The Bertz CT molecular complexity index is 608. The van der Waals surface area contributed by atoms with Crippen molar-refractivity contribution >= 4 is 17.6 Å². The normalized spacial score (nSPS) is 11.6. The third-order valence-corrected chi connectivity index (χ3v) is 2.98. The predicted octanol–water partition coefficient (Wildman–Crippen LogP) is 4.46. The van der Waals surface area contributed by atoms with Crippen LogP contribution in [0.15, 0.2) is 48.5 Å². The smallest absolute Gasteiger partial charge is 0.302 e. The zero-order valence-electron chi connectivity index (χ0n) is 12.4. The Morgan fingerprint density at radius 2 is 1.50 bits per heavy atom. The number of benzene rings is 2. The summed E-state index contributed by atoms with van der Waals surface area (Å²) in [5, 5.41) is 0.665. The van der Waals surface area contributed by atoms with Crippen LogP contribution in [0.1, 0.15) is 13.8 Å². The van der Waals surface area contributed by atoms with Crippen molar-refractivity contribution in [3.05, 3.63) is 53.6 Å². The van der Waals surface area contributed by atoms with Crippen LogP contribution in [0, 0.1) is 0 Å². The average Bonchev–Trinajstić information content (AvgIpc) is 2.49. The molecule has 4 nitrogen and oxygen atoms in total. The zero-order chi connectivity index (χ0) is 15.9. The third kappa shape index (κ3) is 5.30. The SMILES string of the molecule is CC(=O)OCC(C)Oc1ccc(Oc2ccc(Cl)cc2)cc1. The van der Waals surface area contributed by atoms with Gasteiger partial charge in [0.15, 0.2) is 0 Å². The van der Waals surface area contributed by atoms with Crippen molar-refractivity contribution in [3.8, 4) is 17.2 Å². The standard InChI is InChI=1S/C17H17ClO4/c1-12(11-20-13(2)19)21-15-7-9-17(10-8-15)22-16-5-3-14(18)4-6-16/h3-10,12H,11H2,1-2H3. The Hall–Kier alpha value is -2.20. The van der Waals surface area contributed by atoms with Crippen molar-refractivity contribution < 1.29 is 19.0 Å². The van der Waals surface area contributed by atoms with E-state index in [4.69, 9.17) is 25.8 Å². The second-order valence-corrected chi connectivity index (χ2v) is 5.19. The minimum atomic E-state index is -0.317. The minimum absolute atomic E-state index is 0.216. The van der Waals surface area contributed by atoms with E-state index in [1.54, 1.807) is 36.4 Å². The van der Waals surface area contributed by atoms with Gasteiger partial charge in [0.05, 0.1) is 0 Å². The number of ether oxygens (including phenoxy) is 3. The third-order valence-electron chi connectivity index (χ3n) is 2.73. The van der Waals surface area contributed by atoms with Crippen LogP contribution >= 0.6 is 11.6 Å². The van der Waals surface area contributed by atoms with Gasteiger partial charge in [0.25, 0.3) is 0 Å². The van der Waals surface area contributed by atoms with Gasteiger partial charge < -0.3 is 14.2 Å². The molecule has 0 fully saturated rings. The summed E-state index contributed by atoms with van der Waals surface area (Å²) in [6, 6.07) is 14.4. The van der Waals surface area contributed by atoms with E-state index in [0.29, 0.717) is 22.3 Å². The topological polar surface area (TPSA) is 44.8 Å². The molecule has 116 valence electrons. The summed E-state index contributed by atoms with van der Waals surface area (Å²) >= 11 is 5.83. The van der Waals surface area contributed by atoms with Crippen molar-refractivity contribution in [1.29, 1.82) is 0 Å². The maximum absolute atomic E-state index is 10.7. The quantitative estimate of drug-likeness (QED) is 0.737. The molecule has 0 radical (unpaired) electrons. The second-order valence-electron chi connectivity index (χ2n) is 4.76. The summed E-state index contributed by atoms with van der Waals surface area (Å²) in [4.78, 5) is 10.7. The van der Waals surface area contributed by atoms with Crippen LogP contribution in [0.3, 0.4) is 0 Å². The Morgan fingerprint density at radius 3 is 2.05 bits per heavy atom. The van der Waals surface area contributed by atoms with E-state index in [0.717, 1.165) is 0 Å². The lowest BCUT2D eigenvalue weighted by atomic mass is 10.3. The van der Waals surface area contributed by atoms with Crippen molar-refractivity contribution in [3.63, 3.8) is 0 Å². The molecule has 0 aliphatic heterocycles. The predicted molar refractivity (Wildman–Crippen MR) is 84.7 cm³/mol. The molecule has 0 aromatic heterocycles. The fourth-order valence-electron chi connectivity index (χ4n) is 1.73. The molecular weight excluding hydrogens is 304 g/mol. The minimum Gasteiger partial charge on any atom is -0.487 e. The highest BCUT2D eigenvalue weighted by Gasteiger charge is 2.06. The molecule has 0 saturated heterocycles. The molecule has 5 heteroatoms. The molecule has 0 aliphatic rings. The molecule has 2 rings (SSSR count). The van der Waals surface area contributed by atoms with Gasteiger partial charge in [-0.1, -0.05) is 11.6 Å². The van der Waals surface area contributed by atoms with E-state index in [-0.39, 0.29) is 18.7 Å². The van der Waals surface area contributed by atoms with Crippen LogP contribution in [0.5, 0.6) is 17.2 Å². The zero-order valence-corrected chi connectivity index (χ0v) is 13.2. The second kappa shape index (κ2) is 7.71. The molecule has 0 bridgehead atoms. The highest BCUT2D eigenvalue weighted by atomic mass is 35.5. The fraction of sp³-hybridized carbons (Fsp3) is 0.235. The van der Waals surface area contributed by atoms with E-state index in [2.05, 4.69) is 0 Å². The van der Waals surface area contributed by atoms with Gasteiger partial charge in [-0.15, -0.1) is 0 Å². The van der Waals surface area contributed by atoms with Crippen LogP contribution < -0.4 is 9.47 Å². The lowest BCUT2D eigenvalue weighted by molar-refractivity contribution is -0.143. The summed E-state index contributed by atoms with van der Waals surface area (Å²) in [5.41, 5.74) is 0. The number of hydrogen-bond donors (Lipinski definition) is 0. The van der Waals surface area contributed by atoms with Gasteiger partial charge in [-0.3, -0.25) is 4.79 Å². The number of esters is 1. The largest absolute Gasteiger partial charge is 0.487 e. The van der Waals surface area contributed by atoms with Gasteiger partial charge in [-0.05, 0) is 55.5 Å². The van der Waals surface area contributed by atoms with E-state index in [1.165, 1.54) is 6.92 Å². The summed E-state index contributed by atoms with van der Waals surface area (Å²) in [6.45, 7) is 3.43. The van der Waals surface area contributed by atoms with Gasteiger partial charge in [0, 0.05) is 11.9 Å². The molecule has 0 aliphatic carbocycles. The van der Waals surface area contributed by atoms with E-state index < -0.39 is 0 Å². The van der Waals surface area contributed by atoms with E-state index in [1.807, 2.05) is 19.1 Å². The first-order valence-corrected chi connectivity index (χ1v) is 7.24. The van der Waals surface area contributed by atoms with Crippen molar-refractivity contribution in [2.24, 2.45) is 0 Å². The highest BCUT2D eigenvalue weighted by molar-refractivity contribution is 6.30. The number of carbonyl (C=O) groups is 1. The molecule has 1 unspecified atom stereocenters. The van der Waals surface area contributed by atoms with Crippen LogP contribution in [-0.4, -0.2) is 18.7 Å². The molecular formula is C17H17ClO4.